The largest absolute Gasteiger partial charge is 0.297 e. The number of benzene rings is 1. The van der Waals surface area contributed by atoms with Crippen LogP contribution in [0.25, 0.3) is 0 Å². The molecule has 1 amide bonds. The van der Waals surface area contributed by atoms with Gasteiger partial charge in [-0.2, -0.15) is 0 Å². The number of thiazole rings is 1. The molecular weight excluding hydrogens is 376 g/mol. The summed E-state index contributed by atoms with van der Waals surface area (Å²) in [5.74, 6) is -1.28. The third-order valence-electron chi connectivity index (χ3n) is 4.10. The fraction of sp³-hybridized carbons (Fsp3) is 0.222. The maximum Gasteiger partial charge on any atom is 0.267 e. The van der Waals surface area contributed by atoms with Crippen molar-refractivity contribution < 1.29 is 13.6 Å². The van der Waals surface area contributed by atoms with E-state index in [1.807, 2.05) is 11.4 Å². The average Bonchev–Trinajstić information content (AvgIpc) is 3.22. The van der Waals surface area contributed by atoms with Gasteiger partial charge in [0, 0.05) is 37.0 Å². The number of anilines is 1. The molecule has 0 saturated carbocycles. The molecule has 0 radical (unpaired) electrons. The Kier molecular flexibility index (Phi) is 4.80. The van der Waals surface area contributed by atoms with E-state index in [-0.39, 0.29) is 5.91 Å². The fourth-order valence-corrected chi connectivity index (χ4v) is 4.63. The third kappa shape index (κ3) is 3.82. The van der Waals surface area contributed by atoms with E-state index in [0.29, 0.717) is 28.7 Å². The summed E-state index contributed by atoms with van der Waals surface area (Å²) in [4.78, 5) is 20.5. The smallest absolute Gasteiger partial charge is 0.267 e. The molecule has 0 saturated heterocycles. The zero-order chi connectivity index (χ0) is 18.1. The quantitative estimate of drug-likeness (QED) is 0.722. The Balaban J connectivity index is 1.44. The van der Waals surface area contributed by atoms with Crippen LogP contribution in [-0.4, -0.2) is 22.3 Å². The summed E-state index contributed by atoms with van der Waals surface area (Å²) in [6.45, 7) is 1.89. The summed E-state index contributed by atoms with van der Waals surface area (Å²) >= 11 is 2.84. The molecular formula is C18H15F2N3OS2. The molecule has 1 aliphatic rings. The van der Waals surface area contributed by atoms with Crippen molar-refractivity contribution >= 4 is 33.7 Å². The van der Waals surface area contributed by atoms with Crippen molar-refractivity contribution in [1.29, 1.82) is 0 Å². The van der Waals surface area contributed by atoms with Crippen LogP contribution < -0.4 is 5.32 Å². The van der Waals surface area contributed by atoms with Gasteiger partial charge in [-0.3, -0.25) is 15.0 Å². The average molecular weight is 391 g/mol. The van der Waals surface area contributed by atoms with Crippen molar-refractivity contribution in [1.82, 2.24) is 9.88 Å². The van der Waals surface area contributed by atoms with Crippen LogP contribution in [0, 0.1) is 11.6 Å². The van der Waals surface area contributed by atoms with Crippen LogP contribution >= 0.6 is 22.7 Å². The maximum absolute atomic E-state index is 13.4. The van der Waals surface area contributed by atoms with Crippen molar-refractivity contribution in [3.63, 3.8) is 0 Å². The van der Waals surface area contributed by atoms with Gasteiger partial charge in [-0.25, -0.2) is 13.8 Å². The second-order valence-electron chi connectivity index (χ2n) is 6.06. The topological polar surface area (TPSA) is 45.2 Å². The molecule has 0 bridgehead atoms. The monoisotopic (exact) mass is 391 g/mol. The first-order chi connectivity index (χ1) is 12.6. The first kappa shape index (κ1) is 17.3. The SMILES string of the molecule is O=C(Nc1nc2c(s1)CN(Cc1cc(F)cc(F)c1)CC2)c1cccs1. The Morgan fingerprint density at radius 2 is 2.08 bits per heavy atom. The van der Waals surface area contributed by atoms with Gasteiger partial charge in [-0.05, 0) is 29.1 Å². The van der Waals surface area contributed by atoms with Crippen LogP contribution in [0.1, 0.15) is 25.8 Å². The van der Waals surface area contributed by atoms with Crippen molar-refractivity contribution in [2.75, 3.05) is 11.9 Å². The summed E-state index contributed by atoms with van der Waals surface area (Å²) in [7, 11) is 0. The molecule has 2 aromatic heterocycles. The molecule has 134 valence electrons. The zero-order valence-corrected chi connectivity index (χ0v) is 15.3. The van der Waals surface area contributed by atoms with Crippen LogP contribution in [0.3, 0.4) is 0 Å². The molecule has 0 aliphatic carbocycles. The van der Waals surface area contributed by atoms with Crippen LogP contribution in [0.5, 0.6) is 0 Å². The minimum atomic E-state index is -0.561. The molecule has 1 aromatic carbocycles. The van der Waals surface area contributed by atoms with Crippen LogP contribution in [-0.2, 0) is 19.5 Å². The van der Waals surface area contributed by atoms with E-state index in [4.69, 9.17) is 0 Å². The second-order valence-corrected chi connectivity index (χ2v) is 8.09. The van der Waals surface area contributed by atoms with Crippen molar-refractivity contribution in [3.05, 3.63) is 68.4 Å². The standard InChI is InChI=1S/C18H15F2N3OS2/c19-12-6-11(7-13(20)8-12)9-23-4-3-14-16(10-23)26-18(21-14)22-17(24)15-2-1-5-25-15/h1-2,5-8H,3-4,9-10H2,(H,21,22,24). The van der Waals surface area contributed by atoms with E-state index in [0.717, 1.165) is 29.6 Å². The summed E-state index contributed by atoms with van der Waals surface area (Å²) in [6.07, 6.45) is 0.749. The summed E-state index contributed by atoms with van der Waals surface area (Å²) in [5, 5.41) is 5.29. The number of halogens is 2. The van der Waals surface area contributed by atoms with Gasteiger partial charge in [-0.15, -0.1) is 22.7 Å². The molecule has 3 heterocycles. The lowest BCUT2D eigenvalue weighted by Gasteiger charge is -2.25. The van der Waals surface area contributed by atoms with E-state index in [9.17, 15) is 13.6 Å². The molecule has 0 unspecified atom stereocenters. The second kappa shape index (κ2) is 7.22. The fourth-order valence-electron chi connectivity index (χ4n) is 2.96. The molecule has 1 N–H and O–H groups in total. The predicted octanol–water partition coefficient (Wildman–Crippen LogP) is 4.29. The van der Waals surface area contributed by atoms with E-state index >= 15 is 0 Å². The lowest BCUT2D eigenvalue weighted by Crippen LogP contribution is -2.29. The molecule has 0 spiro atoms. The van der Waals surface area contributed by atoms with Crippen molar-refractivity contribution in [3.8, 4) is 0 Å². The van der Waals surface area contributed by atoms with E-state index in [2.05, 4.69) is 15.2 Å². The van der Waals surface area contributed by atoms with Gasteiger partial charge < -0.3 is 0 Å². The van der Waals surface area contributed by atoms with Crippen LogP contribution in [0.4, 0.5) is 13.9 Å². The summed E-state index contributed by atoms with van der Waals surface area (Å²) in [6, 6.07) is 7.20. The number of thiophene rings is 1. The highest BCUT2D eigenvalue weighted by Gasteiger charge is 2.22. The predicted molar refractivity (Wildman–Crippen MR) is 98.6 cm³/mol. The highest BCUT2D eigenvalue weighted by atomic mass is 32.1. The number of rotatable bonds is 4. The minimum absolute atomic E-state index is 0.154. The lowest BCUT2D eigenvalue weighted by molar-refractivity contribution is 0.103. The molecule has 0 fully saturated rings. The Morgan fingerprint density at radius 3 is 2.81 bits per heavy atom. The first-order valence-electron chi connectivity index (χ1n) is 8.07. The van der Waals surface area contributed by atoms with E-state index < -0.39 is 11.6 Å². The van der Waals surface area contributed by atoms with Gasteiger partial charge >= 0.3 is 0 Å². The Hall–Kier alpha value is -2.16. The normalized spacial score (nSPS) is 14.2. The first-order valence-corrected chi connectivity index (χ1v) is 9.77. The number of carbonyl (C=O) groups is 1. The van der Waals surface area contributed by atoms with Gasteiger partial charge in [0.25, 0.3) is 5.91 Å². The van der Waals surface area contributed by atoms with Crippen molar-refractivity contribution in [2.45, 2.75) is 19.5 Å². The number of nitrogens with one attached hydrogen (secondary N) is 1. The summed E-state index contributed by atoms with van der Waals surface area (Å²) in [5.41, 5.74) is 1.60. The number of hydrogen-bond donors (Lipinski definition) is 1. The number of aromatic nitrogens is 1. The molecule has 26 heavy (non-hydrogen) atoms. The molecule has 0 atom stereocenters. The number of carbonyl (C=O) groups excluding carboxylic acids is 1. The Morgan fingerprint density at radius 1 is 1.27 bits per heavy atom. The van der Waals surface area contributed by atoms with Crippen molar-refractivity contribution in [2.24, 2.45) is 0 Å². The Bertz CT molecular complexity index is 920. The number of amides is 1. The molecule has 8 heteroatoms. The highest BCUT2D eigenvalue weighted by molar-refractivity contribution is 7.16. The minimum Gasteiger partial charge on any atom is -0.297 e. The number of hydrogen-bond acceptors (Lipinski definition) is 5. The maximum atomic E-state index is 13.4. The molecule has 4 nitrogen and oxygen atoms in total. The summed E-state index contributed by atoms with van der Waals surface area (Å²) < 4.78 is 26.7. The molecule has 3 aromatic rings. The van der Waals surface area contributed by atoms with Crippen LogP contribution in [0.15, 0.2) is 35.7 Å². The van der Waals surface area contributed by atoms with Gasteiger partial charge in [0.2, 0.25) is 0 Å². The van der Waals surface area contributed by atoms with Crippen LogP contribution in [0.2, 0.25) is 0 Å². The Labute approximate surface area is 157 Å². The highest BCUT2D eigenvalue weighted by Crippen LogP contribution is 2.29. The van der Waals surface area contributed by atoms with Gasteiger partial charge in [0.1, 0.15) is 11.6 Å². The van der Waals surface area contributed by atoms with E-state index in [1.54, 1.807) is 6.07 Å². The number of fused-ring (bicyclic) bond motifs is 1. The van der Waals surface area contributed by atoms with Gasteiger partial charge in [-0.1, -0.05) is 6.07 Å². The van der Waals surface area contributed by atoms with E-state index in [1.165, 1.54) is 34.8 Å². The third-order valence-corrected chi connectivity index (χ3v) is 5.97. The number of nitrogens with zero attached hydrogens (tertiary/aromatic N) is 2. The zero-order valence-electron chi connectivity index (χ0n) is 13.7. The molecule has 4 rings (SSSR count). The van der Waals surface area contributed by atoms with Gasteiger partial charge in [0.05, 0.1) is 10.6 Å². The lowest BCUT2D eigenvalue weighted by atomic mass is 10.1. The molecule has 1 aliphatic heterocycles. The van der Waals surface area contributed by atoms with Gasteiger partial charge in [0.15, 0.2) is 5.13 Å².